The van der Waals surface area contributed by atoms with Crippen LogP contribution in [0.15, 0.2) is 66.9 Å². The van der Waals surface area contributed by atoms with Crippen molar-refractivity contribution in [2.45, 2.75) is 6.61 Å². The highest BCUT2D eigenvalue weighted by Gasteiger charge is 2.15. The normalized spacial score (nSPS) is 11.0. The van der Waals surface area contributed by atoms with Crippen molar-refractivity contribution in [2.75, 3.05) is 0 Å². The van der Waals surface area contributed by atoms with Crippen molar-refractivity contribution in [3.05, 3.63) is 82.5 Å². The number of imidazole rings is 1. The van der Waals surface area contributed by atoms with Crippen LogP contribution in [0.3, 0.4) is 0 Å². The average Bonchev–Trinajstić information content (AvgIpc) is 3.00. The van der Waals surface area contributed by atoms with Crippen molar-refractivity contribution in [2.24, 2.45) is 0 Å². The van der Waals surface area contributed by atoms with Crippen LogP contribution in [0.1, 0.15) is 5.56 Å². The summed E-state index contributed by atoms with van der Waals surface area (Å²) in [6.07, 6.45) is 1.71. The lowest BCUT2D eigenvalue weighted by molar-refractivity contribution is 0.110. The number of rotatable bonds is 4. The lowest BCUT2D eigenvalue weighted by Gasteiger charge is -2.12. The minimum absolute atomic E-state index is 0.288. The number of hydrogen-bond acceptors (Lipinski definition) is 3. The van der Waals surface area contributed by atoms with E-state index in [2.05, 4.69) is 9.97 Å². The van der Waals surface area contributed by atoms with Gasteiger partial charge in [0.2, 0.25) is 0 Å². The van der Waals surface area contributed by atoms with Crippen molar-refractivity contribution in [1.82, 2.24) is 14.7 Å². The molecule has 0 saturated heterocycles. The van der Waals surface area contributed by atoms with E-state index in [1.165, 1.54) is 0 Å². The van der Waals surface area contributed by atoms with Gasteiger partial charge in [-0.3, -0.25) is 0 Å². The number of nitrogens with zero attached hydrogens (tertiary/aromatic N) is 3. The Bertz CT molecular complexity index is 1030. The van der Waals surface area contributed by atoms with E-state index in [1.807, 2.05) is 48.5 Å². The molecule has 6 heteroatoms. The summed E-state index contributed by atoms with van der Waals surface area (Å²) in [5.41, 5.74) is 3.22. The van der Waals surface area contributed by atoms with Gasteiger partial charge in [0.1, 0.15) is 12.1 Å². The molecule has 0 fully saturated rings. The molecule has 0 atom stereocenters. The van der Waals surface area contributed by atoms with Crippen molar-refractivity contribution in [3.63, 3.8) is 0 Å². The molecule has 0 bridgehead atoms. The van der Waals surface area contributed by atoms with E-state index < -0.39 is 0 Å². The minimum atomic E-state index is 0.288. The van der Waals surface area contributed by atoms with E-state index in [0.29, 0.717) is 21.5 Å². The highest BCUT2D eigenvalue weighted by Crippen LogP contribution is 2.24. The Hall–Kier alpha value is -2.56. The zero-order valence-electron chi connectivity index (χ0n) is 13.1. The van der Waals surface area contributed by atoms with Gasteiger partial charge in [0.05, 0.1) is 0 Å². The van der Waals surface area contributed by atoms with Crippen LogP contribution in [0.5, 0.6) is 0 Å². The van der Waals surface area contributed by atoms with Crippen molar-refractivity contribution in [1.29, 1.82) is 0 Å². The number of hydrogen-bond donors (Lipinski definition) is 0. The van der Waals surface area contributed by atoms with Crippen LogP contribution in [-0.4, -0.2) is 14.7 Å². The van der Waals surface area contributed by atoms with Crippen LogP contribution in [0, 0.1) is 0 Å². The van der Waals surface area contributed by atoms with Crippen LogP contribution in [0.25, 0.3) is 22.6 Å². The molecule has 4 aromatic rings. The fourth-order valence-corrected chi connectivity index (χ4v) is 3.03. The van der Waals surface area contributed by atoms with Gasteiger partial charge in [0.25, 0.3) is 0 Å². The maximum atomic E-state index is 6.24. The Morgan fingerprint density at radius 3 is 2.60 bits per heavy atom. The van der Waals surface area contributed by atoms with Gasteiger partial charge >= 0.3 is 0 Å². The van der Waals surface area contributed by atoms with Crippen LogP contribution >= 0.6 is 23.2 Å². The summed E-state index contributed by atoms with van der Waals surface area (Å²) < 4.78 is 1.70. The summed E-state index contributed by atoms with van der Waals surface area (Å²) in [6.45, 7) is 0.288. The van der Waals surface area contributed by atoms with Crippen LogP contribution in [0.4, 0.5) is 0 Å². The molecular formula is C19H13Cl2N3O. The fourth-order valence-electron chi connectivity index (χ4n) is 2.57. The van der Waals surface area contributed by atoms with E-state index in [1.54, 1.807) is 23.1 Å². The van der Waals surface area contributed by atoms with Gasteiger partial charge < -0.3 is 4.84 Å². The lowest BCUT2D eigenvalue weighted by Crippen LogP contribution is -2.13. The maximum absolute atomic E-state index is 6.24. The molecule has 2 aromatic heterocycles. The molecular weight excluding hydrogens is 357 g/mol. The topological polar surface area (TPSA) is 39.9 Å². The number of aromatic nitrogens is 3. The molecule has 0 radical (unpaired) electrons. The van der Waals surface area contributed by atoms with Crippen LogP contribution in [-0.2, 0) is 6.61 Å². The standard InChI is InChI=1S/C19H13Cl2N3O/c20-15-9-8-14(16(21)11-15)12-25-24-17-7-4-10-22-18(17)23-19(24)13-5-2-1-3-6-13/h1-11H,12H2. The predicted molar refractivity (Wildman–Crippen MR) is 99.7 cm³/mol. The second-order valence-electron chi connectivity index (χ2n) is 5.45. The van der Waals surface area contributed by atoms with Gasteiger partial charge in [0.15, 0.2) is 11.5 Å². The number of halogens is 2. The summed E-state index contributed by atoms with van der Waals surface area (Å²) >= 11 is 12.2. The molecule has 0 unspecified atom stereocenters. The predicted octanol–water partition coefficient (Wildman–Crippen LogP) is 5.03. The van der Waals surface area contributed by atoms with Crippen molar-refractivity contribution >= 4 is 34.4 Å². The molecule has 4 rings (SSSR count). The Morgan fingerprint density at radius 1 is 0.960 bits per heavy atom. The largest absolute Gasteiger partial charge is 0.407 e. The first-order valence-electron chi connectivity index (χ1n) is 7.68. The fraction of sp³-hybridized carbons (Fsp3) is 0.0526. The zero-order valence-corrected chi connectivity index (χ0v) is 14.6. The molecule has 0 N–H and O–H groups in total. The Kier molecular flexibility index (Phi) is 4.30. The smallest absolute Gasteiger partial charge is 0.181 e. The molecule has 124 valence electrons. The van der Waals surface area contributed by atoms with E-state index in [4.69, 9.17) is 28.0 Å². The number of fused-ring (bicyclic) bond motifs is 1. The molecule has 4 nitrogen and oxygen atoms in total. The molecule has 0 amide bonds. The Morgan fingerprint density at radius 2 is 1.80 bits per heavy atom. The summed E-state index contributed by atoms with van der Waals surface area (Å²) in [5.74, 6) is 0.694. The first-order chi connectivity index (χ1) is 12.2. The van der Waals surface area contributed by atoms with Gasteiger partial charge in [-0.15, -0.1) is 0 Å². The summed E-state index contributed by atoms with van der Waals surface area (Å²) in [7, 11) is 0. The molecule has 0 aliphatic carbocycles. The van der Waals surface area contributed by atoms with Gasteiger partial charge in [-0.2, -0.15) is 4.73 Å². The highest BCUT2D eigenvalue weighted by atomic mass is 35.5. The third-order valence-electron chi connectivity index (χ3n) is 3.79. The van der Waals surface area contributed by atoms with Gasteiger partial charge in [0, 0.05) is 27.4 Å². The summed E-state index contributed by atoms with van der Waals surface area (Å²) in [5, 5.41) is 1.16. The van der Waals surface area contributed by atoms with Gasteiger partial charge in [-0.1, -0.05) is 59.6 Å². The van der Waals surface area contributed by atoms with E-state index >= 15 is 0 Å². The Labute approximate surface area is 154 Å². The highest BCUT2D eigenvalue weighted by molar-refractivity contribution is 6.35. The maximum Gasteiger partial charge on any atom is 0.181 e. The quantitative estimate of drug-likeness (QED) is 0.506. The Balaban J connectivity index is 1.75. The second-order valence-corrected chi connectivity index (χ2v) is 6.29. The lowest BCUT2D eigenvalue weighted by atomic mass is 10.2. The first-order valence-corrected chi connectivity index (χ1v) is 8.44. The van der Waals surface area contributed by atoms with E-state index in [0.717, 1.165) is 16.6 Å². The number of pyridine rings is 1. The van der Waals surface area contributed by atoms with Crippen molar-refractivity contribution < 1.29 is 4.84 Å². The average molecular weight is 370 g/mol. The molecule has 0 spiro atoms. The zero-order chi connectivity index (χ0) is 17.2. The first kappa shape index (κ1) is 15.9. The van der Waals surface area contributed by atoms with Crippen molar-refractivity contribution in [3.8, 4) is 11.4 Å². The summed E-state index contributed by atoms with van der Waals surface area (Å²) in [6, 6.07) is 19.0. The molecule has 0 aliphatic rings. The molecule has 25 heavy (non-hydrogen) atoms. The molecule has 2 aromatic carbocycles. The van der Waals surface area contributed by atoms with Crippen LogP contribution < -0.4 is 4.84 Å². The van der Waals surface area contributed by atoms with E-state index in [-0.39, 0.29) is 6.61 Å². The number of benzene rings is 2. The van der Waals surface area contributed by atoms with Gasteiger partial charge in [-0.05, 0) is 24.3 Å². The SMILES string of the molecule is Clc1ccc(COn2c(-c3ccccc3)nc3ncccc32)c(Cl)c1. The third kappa shape index (κ3) is 3.18. The second kappa shape index (κ2) is 6.75. The molecule has 0 saturated carbocycles. The van der Waals surface area contributed by atoms with E-state index in [9.17, 15) is 0 Å². The monoisotopic (exact) mass is 369 g/mol. The molecule has 0 aliphatic heterocycles. The minimum Gasteiger partial charge on any atom is -0.407 e. The summed E-state index contributed by atoms with van der Waals surface area (Å²) in [4.78, 5) is 15.0. The third-order valence-corrected chi connectivity index (χ3v) is 4.37. The van der Waals surface area contributed by atoms with Gasteiger partial charge in [-0.25, -0.2) is 9.97 Å². The molecule has 2 heterocycles. The van der Waals surface area contributed by atoms with Crippen LogP contribution in [0.2, 0.25) is 10.0 Å².